The fourth-order valence-electron chi connectivity index (χ4n) is 2.13. The van der Waals surface area contributed by atoms with Crippen LogP contribution in [0.25, 0.3) is 0 Å². The number of amides is 1. The van der Waals surface area contributed by atoms with E-state index in [1.165, 1.54) is 12.1 Å². The summed E-state index contributed by atoms with van der Waals surface area (Å²) in [6.07, 6.45) is 0.363. The number of rotatable bonds is 6. The Labute approximate surface area is 129 Å². The van der Waals surface area contributed by atoms with Gasteiger partial charge in [-0.05, 0) is 17.7 Å². The number of ketones is 1. The van der Waals surface area contributed by atoms with Gasteiger partial charge in [-0.15, -0.1) is 0 Å². The molecule has 0 heterocycles. The van der Waals surface area contributed by atoms with Gasteiger partial charge in [0.05, 0.1) is 0 Å². The fourth-order valence-corrected chi connectivity index (χ4v) is 2.13. The average Bonchev–Trinajstić information content (AvgIpc) is 2.55. The van der Waals surface area contributed by atoms with Crippen molar-refractivity contribution in [2.45, 2.75) is 19.4 Å². The Morgan fingerprint density at radius 2 is 1.59 bits per heavy atom. The van der Waals surface area contributed by atoms with Crippen molar-refractivity contribution < 1.29 is 14.0 Å². The number of hydrogen-bond acceptors (Lipinski definition) is 2. The molecule has 0 aliphatic rings. The Morgan fingerprint density at radius 1 is 0.955 bits per heavy atom. The molecule has 0 radical (unpaired) electrons. The molecule has 2 aromatic carbocycles. The zero-order valence-corrected chi connectivity index (χ0v) is 12.5. The van der Waals surface area contributed by atoms with E-state index in [2.05, 4.69) is 0 Å². The number of hydrogen-bond donors (Lipinski definition) is 0. The molecule has 3 nitrogen and oxygen atoms in total. The Hall–Kier alpha value is -2.49. The molecule has 0 aliphatic heterocycles. The van der Waals surface area contributed by atoms with Gasteiger partial charge in [-0.1, -0.05) is 42.5 Å². The van der Waals surface area contributed by atoms with Gasteiger partial charge in [-0.2, -0.15) is 0 Å². The first-order chi connectivity index (χ1) is 10.6. The number of benzene rings is 2. The second-order valence-electron chi connectivity index (χ2n) is 5.17. The van der Waals surface area contributed by atoms with Crippen molar-refractivity contribution in [1.82, 2.24) is 4.90 Å². The fraction of sp³-hybridized carbons (Fsp3) is 0.222. The second-order valence-corrected chi connectivity index (χ2v) is 5.17. The summed E-state index contributed by atoms with van der Waals surface area (Å²) in [5.41, 5.74) is 1.48. The van der Waals surface area contributed by atoms with E-state index in [0.717, 1.165) is 5.56 Å². The Kier molecular flexibility index (Phi) is 5.42. The summed E-state index contributed by atoms with van der Waals surface area (Å²) in [7, 11) is 1.68. The summed E-state index contributed by atoms with van der Waals surface area (Å²) in [6, 6.07) is 15.0. The summed E-state index contributed by atoms with van der Waals surface area (Å²) < 4.78 is 12.8. The summed E-state index contributed by atoms with van der Waals surface area (Å²) in [6.45, 7) is 0.401. The summed E-state index contributed by atoms with van der Waals surface area (Å²) >= 11 is 0. The number of halogens is 1. The van der Waals surface area contributed by atoms with Gasteiger partial charge in [-0.3, -0.25) is 9.59 Å². The highest BCUT2D eigenvalue weighted by atomic mass is 19.1. The molecule has 0 saturated heterocycles. The maximum absolute atomic E-state index is 12.8. The van der Waals surface area contributed by atoms with E-state index in [1.807, 2.05) is 6.07 Å². The molecule has 0 fully saturated rings. The molecule has 22 heavy (non-hydrogen) atoms. The molecule has 0 aromatic heterocycles. The van der Waals surface area contributed by atoms with Gasteiger partial charge in [0.15, 0.2) is 5.78 Å². The van der Waals surface area contributed by atoms with Crippen LogP contribution in [0.2, 0.25) is 0 Å². The molecule has 2 aromatic rings. The quantitative estimate of drug-likeness (QED) is 0.766. The van der Waals surface area contributed by atoms with Crippen LogP contribution in [0, 0.1) is 5.82 Å². The number of nitrogens with zero attached hydrogens (tertiary/aromatic N) is 1. The highest BCUT2D eigenvalue weighted by molar-refractivity contribution is 5.97. The minimum absolute atomic E-state index is 0.0378. The van der Waals surface area contributed by atoms with Crippen LogP contribution < -0.4 is 0 Å². The largest absolute Gasteiger partial charge is 0.341 e. The van der Waals surface area contributed by atoms with Crippen molar-refractivity contribution in [3.63, 3.8) is 0 Å². The average molecular weight is 299 g/mol. The third-order valence-electron chi connectivity index (χ3n) is 3.42. The van der Waals surface area contributed by atoms with Crippen molar-refractivity contribution in [3.8, 4) is 0 Å². The van der Waals surface area contributed by atoms with E-state index in [-0.39, 0.29) is 30.3 Å². The summed E-state index contributed by atoms with van der Waals surface area (Å²) in [5.74, 6) is -0.441. The lowest BCUT2D eigenvalue weighted by Gasteiger charge is -2.17. The number of carbonyl (C=O) groups is 2. The predicted octanol–water partition coefficient (Wildman–Crippen LogP) is 3.45. The van der Waals surface area contributed by atoms with E-state index in [0.29, 0.717) is 12.1 Å². The van der Waals surface area contributed by atoms with Gasteiger partial charge in [0.2, 0.25) is 5.91 Å². The highest BCUT2D eigenvalue weighted by Gasteiger charge is 2.13. The minimum atomic E-state index is -0.300. The standard InChI is InChI=1S/C18H18FNO2/c1-20(13-14-7-9-16(19)10-8-14)18(22)12-11-17(21)15-5-3-2-4-6-15/h2-10H,11-13H2,1H3. The Balaban J connectivity index is 1.84. The van der Waals surface area contributed by atoms with E-state index in [9.17, 15) is 14.0 Å². The van der Waals surface area contributed by atoms with Crippen LogP contribution in [0.5, 0.6) is 0 Å². The molecule has 0 aliphatic carbocycles. The van der Waals surface area contributed by atoms with Gasteiger partial charge in [-0.25, -0.2) is 4.39 Å². The number of Topliss-reactive ketones (excluding diaryl/α,β-unsaturated/α-hetero) is 1. The van der Waals surface area contributed by atoms with Crippen molar-refractivity contribution in [1.29, 1.82) is 0 Å². The first kappa shape index (κ1) is 15.9. The molecule has 0 spiro atoms. The Morgan fingerprint density at radius 3 is 2.23 bits per heavy atom. The van der Waals surface area contributed by atoms with Crippen molar-refractivity contribution in [2.24, 2.45) is 0 Å². The van der Waals surface area contributed by atoms with Crippen molar-refractivity contribution in [3.05, 3.63) is 71.5 Å². The normalized spacial score (nSPS) is 10.3. The van der Waals surface area contributed by atoms with E-state index >= 15 is 0 Å². The zero-order chi connectivity index (χ0) is 15.9. The molecule has 0 atom stereocenters. The summed E-state index contributed by atoms with van der Waals surface area (Å²) in [5, 5.41) is 0. The van der Waals surface area contributed by atoms with E-state index < -0.39 is 0 Å². The van der Waals surface area contributed by atoms with Gasteiger partial charge in [0.1, 0.15) is 5.82 Å². The molecular formula is C18H18FNO2. The molecule has 1 amide bonds. The molecule has 0 N–H and O–H groups in total. The maximum Gasteiger partial charge on any atom is 0.223 e. The van der Waals surface area contributed by atoms with Gasteiger partial charge < -0.3 is 4.90 Å². The van der Waals surface area contributed by atoms with Gasteiger partial charge in [0, 0.05) is 32.0 Å². The molecule has 4 heteroatoms. The second kappa shape index (κ2) is 7.50. The van der Waals surface area contributed by atoms with E-state index in [4.69, 9.17) is 0 Å². The molecule has 0 saturated carbocycles. The molecule has 0 bridgehead atoms. The van der Waals surface area contributed by atoms with Gasteiger partial charge >= 0.3 is 0 Å². The SMILES string of the molecule is CN(Cc1ccc(F)cc1)C(=O)CCC(=O)c1ccccc1. The maximum atomic E-state index is 12.8. The molecule has 114 valence electrons. The number of carbonyl (C=O) groups excluding carboxylic acids is 2. The summed E-state index contributed by atoms with van der Waals surface area (Å²) in [4.78, 5) is 25.6. The van der Waals surface area contributed by atoms with E-state index in [1.54, 1.807) is 48.3 Å². The van der Waals surface area contributed by atoms with Crippen LogP contribution in [0.15, 0.2) is 54.6 Å². The Bertz CT molecular complexity index is 638. The third-order valence-corrected chi connectivity index (χ3v) is 3.42. The lowest BCUT2D eigenvalue weighted by atomic mass is 10.1. The van der Waals surface area contributed by atoms with Crippen LogP contribution in [0.1, 0.15) is 28.8 Å². The minimum Gasteiger partial charge on any atom is -0.341 e. The first-order valence-electron chi connectivity index (χ1n) is 7.13. The molecular weight excluding hydrogens is 281 g/mol. The van der Waals surface area contributed by atoms with Crippen LogP contribution in [-0.4, -0.2) is 23.6 Å². The topological polar surface area (TPSA) is 37.4 Å². The molecule has 0 unspecified atom stereocenters. The zero-order valence-electron chi connectivity index (χ0n) is 12.5. The first-order valence-corrected chi connectivity index (χ1v) is 7.13. The van der Waals surface area contributed by atoms with Crippen LogP contribution >= 0.6 is 0 Å². The third kappa shape index (κ3) is 4.52. The lowest BCUT2D eigenvalue weighted by Crippen LogP contribution is -2.26. The van der Waals surface area contributed by atoms with Crippen LogP contribution in [0.4, 0.5) is 4.39 Å². The predicted molar refractivity (Wildman–Crippen MR) is 82.9 cm³/mol. The van der Waals surface area contributed by atoms with Crippen molar-refractivity contribution >= 4 is 11.7 Å². The van der Waals surface area contributed by atoms with Crippen LogP contribution in [-0.2, 0) is 11.3 Å². The monoisotopic (exact) mass is 299 g/mol. The highest BCUT2D eigenvalue weighted by Crippen LogP contribution is 2.09. The van der Waals surface area contributed by atoms with Crippen molar-refractivity contribution in [2.75, 3.05) is 7.05 Å². The van der Waals surface area contributed by atoms with Gasteiger partial charge in [0.25, 0.3) is 0 Å². The van der Waals surface area contributed by atoms with Crippen LogP contribution in [0.3, 0.4) is 0 Å². The molecule has 2 rings (SSSR count). The smallest absolute Gasteiger partial charge is 0.223 e. The lowest BCUT2D eigenvalue weighted by molar-refractivity contribution is -0.130.